The fourth-order valence-corrected chi connectivity index (χ4v) is 2.76. The number of ether oxygens (including phenoxy) is 1. The minimum absolute atomic E-state index is 0.0672. The average molecular weight is 307 g/mol. The maximum Gasteiger partial charge on any atom is 0.255 e. The number of halogens is 1. The van der Waals surface area contributed by atoms with Gasteiger partial charge in [0.1, 0.15) is 0 Å². The van der Waals surface area contributed by atoms with Crippen molar-refractivity contribution < 1.29 is 14.2 Å². The van der Waals surface area contributed by atoms with Crippen LogP contribution in [0, 0.1) is 5.82 Å². The second-order valence-electron chi connectivity index (χ2n) is 5.04. The third kappa shape index (κ3) is 2.39. The Balaban J connectivity index is 1.92. The minimum Gasteiger partial charge on any atom is -0.479 e. The highest BCUT2D eigenvalue weighted by Crippen LogP contribution is 2.26. The summed E-state index contributed by atoms with van der Waals surface area (Å²) in [5.74, 6) is -0.238. The monoisotopic (exact) mass is 307 g/mol. The van der Waals surface area contributed by atoms with Crippen molar-refractivity contribution in [2.45, 2.75) is 33.0 Å². The number of anilines is 1. The average Bonchev–Trinajstić information content (AvgIpc) is 2.92. The molecule has 2 aromatic rings. The Hall–Kier alpha value is -2.22. The first-order valence-corrected chi connectivity index (χ1v) is 7.17. The van der Waals surface area contributed by atoms with Crippen LogP contribution in [-0.2, 0) is 26.1 Å². The lowest BCUT2D eigenvalue weighted by atomic mass is 10.1. The van der Waals surface area contributed by atoms with E-state index < -0.39 is 5.82 Å². The zero-order valence-electron chi connectivity index (χ0n) is 12.6. The Kier molecular flexibility index (Phi) is 3.93. The molecule has 1 aliphatic rings. The summed E-state index contributed by atoms with van der Waals surface area (Å²) < 4.78 is 20.3. The van der Waals surface area contributed by atoms with Gasteiger partial charge in [0, 0.05) is 37.3 Å². The Labute approximate surface area is 127 Å². The lowest BCUT2D eigenvalue weighted by Crippen LogP contribution is -2.32. The highest BCUT2D eigenvalue weighted by molar-refractivity contribution is 5.40. The van der Waals surface area contributed by atoms with Crippen LogP contribution in [0.2, 0.25) is 0 Å². The smallest absolute Gasteiger partial charge is 0.255 e. The third-order valence-corrected chi connectivity index (χ3v) is 3.84. The highest BCUT2D eigenvalue weighted by atomic mass is 19.1. The fourth-order valence-electron chi connectivity index (χ4n) is 2.76. The van der Waals surface area contributed by atoms with E-state index in [-0.39, 0.29) is 12.5 Å². The first-order chi connectivity index (χ1) is 10.7. The van der Waals surface area contributed by atoms with Crippen LogP contribution in [0.1, 0.15) is 23.9 Å². The van der Waals surface area contributed by atoms with Crippen LogP contribution in [0.25, 0.3) is 0 Å². The van der Waals surface area contributed by atoms with E-state index in [2.05, 4.69) is 15.1 Å². The standard InChI is InChI=1S/C14H18FN5O2/c1-3-20-12-4-5-19(7-9(12)11(8-21)18-20)14-16-6-10(15)13(17-14)22-2/h6,21H,3-5,7-8H2,1-2H3. The van der Waals surface area contributed by atoms with Gasteiger partial charge < -0.3 is 14.7 Å². The molecule has 0 saturated carbocycles. The van der Waals surface area contributed by atoms with E-state index in [4.69, 9.17) is 4.74 Å². The number of aromatic nitrogens is 4. The summed E-state index contributed by atoms with van der Waals surface area (Å²) in [6.07, 6.45) is 1.89. The van der Waals surface area contributed by atoms with Crippen LogP contribution < -0.4 is 9.64 Å². The number of aryl methyl sites for hydroxylation is 1. The summed E-state index contributed by atoms with van der Waals surface area (Å²) in [6, 6.07) is 0. The molecule has 0 bridgehead atoms. The number of aliphatic hydroxyl groups is 1. The van der Waals surface area contributed by atoms with Gasteiger partial charge in [0.2, 0.25) is 11.8 Å². The van der Waals surface area contributed by atoms with Crippen LogP contribution in [0.5, 0.6) is 5.88 Å². The lowest BCUT2D eigenvalue weighted by Gasteiger charge is -2.27. The summed E-state index contributed by atoms with van der Waals surface area (Å²) in [5, 5.41) is 13.9. The van der Waals surface area contributed by atoms with Gasteiger partial charge in [0.15, 0.2) is 0 Å². The van der Waals surface area contributed by atoms with Gasteiger partial charge in [0.05, 0.1) is 25.6 Å². The van der Waals surface area contributed by atoms with Crippen molar-refractivity contribution in [2.24, 2.45) is 0 Å². The molecule has 0 radical (unpaired) electrons. The Morgan fingerprint density at radius 2 is 2.27 bits per heavy atom. The van der Waals surface area contributed by atoms with Gasteiger partial charge in [-0.25, -0.2) is 4.98 Å². The Bertz CT molecular complexity index is 688. The predicted molar refractivity (Wildman–Crippen MR) is 77.1 cm³/mol. The molecule has 8 heteroatoms. The van der Waals surface area contributed by atoms with Crippen molar-refractivity contribution >= 4 is 5.95 Å². The summed E-state index contributed by atoms with van der Waals surface area (Å²) in [6.45, 7) is 3.94. The van der Waals surface area contributed by atoms with E-state index in [9.17, 15) is 9.50 Å². The van der Waals surface area contributed by atoms with Crippen molar-refractivity contribution in [3.63, 3.8) is 0 Å². The van der Waals surface area contributed by atoms with Gasteiger partial charge in [-0.2, -0.15) is 14.5 Å². The number of fused-ring (bicyclic) bond motifs is 1. The van der Waals surface area contributed by atoms with Crippen LogP contribution in [0.15, 0.2) is 6.20 Å². The molecule has 0 aromatic carbocycles. The van der Waals surface area contributed by atoms with Gasteiger partial charge in [-0.15, -0.1) is 0 Å². The molecule has 0 aliphatic carbocycles. The molecule has 0 spiro atoms. The van der Waals surface area contributed by atoms with Crippen molar-refractivity contribution in [3.8, 4) is 5.88 Å². The third-order valence-electron chi connectivity index (χ3n) is 3.84. The molecule has 3 heterocycles. The summed E-state index contributed by atoms with van der Waals surface area (Å²) >= 11 is 0. The molecule has 0 amide bonds. The van der Waals surface area contributed by atoms with Crippen LogP contribution in [0.4, 0.5) is 10.3 Å². The van der Waals surface area contributed by atoms with Crippen molar-refractivity contribution in [1.29, 1.82) is 0 Å². The van der Waals surface area contributed by atoms with Gasteiger partial charge in [-0.1, -0.05) is 0 Å². The van der Waals surface area contributed by atoms with E-state index in [1.165, 1.54) is 7.11 Å². The summed E-state index contributed by atoms with van der Waals surface area (Å²) in [5.41, 5.74) is 2.81. The van der Waals surface area contributed by atoms with Crippen molar-refractivity contribution in [2.75, 3.05) is 18.6 Å². The number of nitrogens with zero attached hydrogens (tertiary/aromatic N) is 5. The number of methoxy groups -OCH3 is 1. The van der Waals surface area contributed by atoms with Crippen LogP contribution in [0.3, 0.4) is 0 Å². The number of aliphatic hydroxyl groups excluding tert-OH is 1. The number of hydrogen-bond donors (Lipinski definition) is 1. The zero-order chi connectivity index (χ0) is 15.7. The molecule has 118 valence electrons. The molecule has 2 aromatic heterocycles. The topological polar surface area (TPSA) is 76.3 Å². The second kappa shape index (κ2) is 5.88. The molecule has 3 rings (SSSR count). The molecule has 7 nitrogen and oxygen atoms in total. The first-order valence-electron chi connectivity index (χ1n) is 7.17. The van der Waals surface area contributed by atoms with Gasteiger partial charge >= 0.3 is 0 Å². The minimum atomic E-state index is -0.584. The van der Waals surface area contributed by atoms with E-state index in [1.807, 2.05) is 16.5 Å². The van der Waals surface area contributed by atoms with Crippen LogP contribution >= 0.6 is 0 Å². The molecule has 1 N–H and O–H groups in total. The summed E-state index contributed by atoms with van der Waals surface area (Å²) in [4.78, 5) is 10.1. The SMILES string of the molecule is CCn1nc(CO)c2c1CCN(c1ncc(F)c(OC)n1)C2. The van der Waals surface area contributed by atoms with E-state index in [0.29, 0.717) is 24.7 Å². The first kappa shape index (κ1) is 14.7. The Morgan fingerprint density at radius 3 is 2.95 bits per heavy atom. The van der Waals surface area contributed by atoms with E-state index in [1.54, 1.807) is 0 Å². The molecule has 0 atom stereocenters. The van der Waals surface area contributed by atoms with Gasteiger partial charge in [0.25, 0.3) is 5.88 Å². The molecule has 22 heavy (non-hydrogen) atoms. The highest BCUT2D eigenvalue weighted by Gasteiger charge is 2.26. The molecule has 0 fully saturated rings. The van der Waals surface area contributed by atoms with E-state index >= 15 is 0 Å². The lowest BCUT2D eigenvalue weighted by molar-refractivity contribution is 0.274. The molecular formula is C14H18FN5O2. The maximum absolute atomic E-state index is 13.4. The number of rotatable bonds is 4. The fraction of sp³-hybridized carbons (Fsp3) is 0.500. The largest absolute Gasteiger partial charge is 0.479 e. The molecule has 0 saturated heterocycles. The maximum atomic E-state index is 13.4. The van der Waals surface area contributed by atoms with Gasteiger partial charge in [-0.3, -0.25) is 4.68 Å². The quantitative estimate of drug-likeness (QED) is 0.904. The zero-order valence-corrected chi connectivity index (χ0v) is 12.6. The van der Waals surface area contributed by atoms with Gasteiger partial charge in [-0.05, 0) is 6.92 Å². The molecule has 0 unspecified atom stereocenters. The van der Waals surface area contributed by atoms with E-state index in [0.717, 1.165) is 30.4 Å². The normalized spacial score (nSPS) is 14.1. The molecule has 1 aliphatic heterocycles. The Morgan fingerprint density at radius 1 is 1.45 bits per heavy atom. The predicted octanol–water partition coefficient (Wildman–Crippen LogP) is 0.896. The van der Waals surface area contributed by atoms with Crippen LogP contribution in [-0.4, -0.2) is 38.5 Å². The van der Waals surface area contributed by atoms with Crippen molar-refractivity contribution in [1.82, 2.24) is 19.7 Å². The molecular weight excluding hydrogens is 289 g/mol. The summed E-state index contributed by atoms with van der Waals surface area (Å²) in [7, 11) is 1.37. The number of hydrogen-bond acceptors (Lipinski definition) is 6. The van der Waals surface area contributed by atoms with Crippen molar-refractivity contribution in [3.05, 3.63) is 29.0 Å². The second-order valence-corrected chi connectivity index (χ2v) is 5.04.